The first-order valence-electron chi connectivity index (χ1n) is 22.1. The highest BCUT2D eigenvalue weighted by molar-refractivity contribution is 14.1. The van der Waals surface area contributed by atoms with Gasteiger partial charge in [0.15, 0.2) is 16.7 Å². The fourth-order valence-electron chi connectivity index (χ4n) is 11.4. The van der Waals surface area contributed by atoms with E-state index in [0.717, 1.165) is 64.3 Å². The molecule has 12 aliphatic rings. The molecule has 0 spiro atoms. The number of hydrogen-bond donors (Lipinski definition) is 0. The van der Waals surface area contributed by atoms with Gasteiger partial charge in [0.1, 0.15) is 61.0 Å². The average molecular weight is 1140 g/mol. The second-order valence-corrected chi connectivity index (χ2v) is 23.8. The van der Waals surface area contributed by atoms with Gasteiger partial charge in [-0.1, -0.05) is 31.8 Å². The quantitative estimate of drug-likeness (QED) is 0.0906. The van der Waals surface area contributed by atoms with E-state index in [4.69, 9.17) is 75.3 Å². The predicted octanol–water partition coefficient (Wildman–Crippen LogP) is 7.59. The number of carbonyl (C=O) groups is 2. The maximum absolute atomic E-state index is 12.2. The van der Waals surface area contributed by atoms with Gasteiger partial charge in [-0.25, -0.2) is 0 Å². The summed E-state index contributed by atoms with van der Waals surface area (Å²) in [7, 11) is 1.40. The summed E-state index contributed by atoms with van der Waals surface area (Å²) in [5, 5.41) is 0.185. The van der Waals surface area contributed by atoms with E-state index in [0.29, 0.717) is 32.1 Å². The summed E-state index contributed by atoms with van der Waals surface area (Å²) in [6, 6.07) is 0. The number of carbonyl (C=O) groups excluding carboxylic acids is 2. The number of allylic oxidation sites excluding steroid dienone is 2. The Labute approximate surface area is 399 Å². The van der Waals surface area contributed by atoms with Crippen LogP contribution in [-0.2, 0) is 61.7 Å². The molecule has 0 aliphatic carbocycles. The van der Waals surface area contributed by atoms with Crippen molar-refractivity contribution in [2.45, 2.75) is 217 Å². The fraction of sp³-hybridized carbons (Fsp3) is 0.860. The van der Waals surface area contributed by atoms with Gasteiger partial charge >= 0.3 is 5.97 Å². The molecular weight excluding hydrogens is 1080 g/mol. The molecule has 0 aromatic rings. The van der Waals surface area contributed by atoms with Crippen LogP contribution in [0, 0.1) is 0 Å². The minimum Gasteiger partial charge on any atom is -0.469 e. The Bertz CT molecular complexity index is 1670. The summed E-state index contributed by atoms with van der Waals surface area (Å²) in [5.74, 6) is -0.899. The molecule has 12 saturated heterocycles. The van der Waals surface area contributed by atoms with Crippen molar-refractivity contribution in [3.8, 4) is 0 Å². The topological polar surface area (TPSA) is 136 Å². The normalized spacial score (nSPS) is 46.4. The van der Waals surface area contributed by atoms with Crippen LogP contribution in [0.4, 0.5) is 0 Å². The van der Waals surface area contributed by atoms with Crippen molar-refractivity contribution in [3.63, 3.8) is 0 Å². The van der Waals surface area contributed by atoms with E-state index in [2.05, 4.69) is 58.3 Å². The monoisotopic (exact) mass is 1140 g/mol. The molecule has 12 aliphatic heterocycles. The third-order valence-corrected chi connectivity index (χ3v) is 16.3. The van der Waals surface area contributed by atoms with Crippen LogP contribution >= 0.6 is 80.1 Å². The van der Waals surface area contributed by atoms with Crippen LogP contribution in [0.1, 0.15) is 96.8 Å². The summed E-state index contributed by atoms with van der Waals surface area (Å²) in [6.45, 7) is 9.90. The maximum Gasteiger partial charge on any atom is 0.308 e. The minimum atomic E-state index is -0.722. The molecule has 13 nitrogen and oxygen atoms in total. The average Bonchev–Trinajstić information content (AvgIpc) is 3.83. The molecular formula is C43H58Cl2I2O13S. The first kappa shape index (κ1) is 46.7. The van der Waals surface area contributed by atoms with Crippen LogP contribution in [-0.4, -0.2) is 144 Å². The van der Waals surface area contributed by atoms with Crippen LogP contribution < -0.4 is 0 Å². The van der Waals surface area contributed by atoms with Crippen LogP contribution in [0.5, 0.6) is 0 Å². The molecule has 20 atom stereocenters. The predicted molar refractivity (Wildman–Crippen MR) is 242 cm³/mol. The molecule has 0 aromatic heterocycles. The van der Waals surface area contributed by atoms with Crippen molar-refractivity contribution in [1.29, 1.82) is 0 Å². The third-order valence-electron chi connectivity index (χ3n) is 13.9. The molecule has 4 unspecified atom stereocenters. The lowest BCUT2D eigenvalue weighted by atomic mass is 9.87. The second-order valence-electron chi connectivity index (χ2n) is 18.2. The van der Waals surface area contributed by atoms with E-state index in [-0.39, 0.29) is 126 Å². The van der Waals surface area contributed by atoms with Crippen molar-refractivity contribution in [1.82, 2.24) is 0 Å². The molecule has 0 amide bonds. The number of alkyl halides is 2. The van der Waals surface area contributed by atoms with Crippen molar-refractivity contribution >= 4 is 91.2 Å². The first-order valence-corrected chi connectivity index (χ1v) is 26.1. The van der Waals surface area contributed by atoms with Gasteiger partial charge in [0.2, 0.25) is 0 Å². The van der Waals surface area contributed by atoms with Crippen molar-refractivity contribution < 1.29 is 61.7 Å². The van der Waals surface area contributed by atoms with Crippen molar-refractivity contribution in [3.05, 3.63) is 20.3 Å². The summed E-state index contributed by atoms with van der Waals surface area (Å²) in [4.78, 5) is 23.9. The highest BCUT2D eigenvalue weighted by Gasteiger charge is 2.70. The van der Waals surface area contributed by atoms with Gasteiger partial charge in [-0.2, -0.15) is 0 Å². The van der Waals surface area contributed by atoms with E-state index in [1.165, 1.54) is 18.9 Å². The SMILES string of the molecule is C=C(I)C[C@H](Cl)CCC12CC3O[C@H]4[C@@H](O1)[C@H]1O[C@@H](CC(=O)OC)CC[C@@H]1O[C@H]4[C@H]3O2.C=C(I)C[C@H](Cl)CCC12CC3O[C@H]4[C@@H](O1)[C@H]1O[C@@H](CC(=O)SCC)CC[C@@H]1O[C@H]4[C@H]3O2. The standard InChI is InChI=1S/C22H30ClIO6S.C21H28ClIO7/c1-3-31-16(25)9-13-4-5-14-17(26-13)21-20-19(27-14)18-15(28-20)10-22(29-18,30-21)7-6-12(23)8-11(2)24;1-10(23)7-11(22)5-6-21-9-14-17(29-21)18-19(28-14)20(30-21)16-13(27-18)4-3-12(26-16)8-15(24)25-2/h12-15,17-21H,2-10H2,1H3;11-14,16-20H,1,3-9H2,2H3/t12-,13-,14+,15?,17+,18+,19+,20-,21+,22?;11-,12-,13+,14?,16+,17+,18+,19-,20+,21?/m11/s1. The number of rotatable bonds is 15. The Morgan fingerprint density at radius 1 is 0.639 bits per heavy atom. The smallest absolute Gasteiger partial charge is 0.308 e. The molecule has 12 rings (SSSR count). The lowest BCUT2D eigenvalue weighted by Gasteiger charge is -2.47. The Kier molecular flexibility index (Phi) is 14.8. The molecule has 0 saturated carbocycles. The molecule has 12 bridgehead atoms. The Morgan fingerprint density at radius 2 is 1.07 bits per heavy atom. The Balaban J connectivity index is 0.000000156. The number of fused-ring (bicyclic) bond motifs is 2. The van der Waals surface area contributed by atoms with Gasteiger partial charge < -0.3 is 52.1 Å². The summed E-state index contributed by atoms with van der Waals surface area (Å²) < 4.78 is 71.6. The van der Waals surface area contributed by atoms with Crippen molar-refractivity contribution in [2.24, 2.45) is 0 Å². The molecule has 0 aromatic carbocycles. The maximum atomic E-state index is 12.2. The van der Waals surface area contributed by atoms with E-state index in [9.17, 15) is 9.59 Å². The highest BCUT2D eigenvalue weighted by Crippen LogP contribution is 2.56. The zero-order chi connectivity index (χ0) is 42.8. The van der Waals surface area contributed by atoms with E-state index < -0.39 is 11.6 Å². The van der Waals surface area contributed by atoms with Crippen LogP contribution in [0.15, 0.2) is 20.3 Å². The zero-order valence-corrected chi connectivity index (χ0v) is 41.3. The molecule has 12 fully saturated rings. The number of esters is 1. The molecule has 18 heteroatoms. The number of ether oxygens (including phenoxy) is 11. The highest BCUT2D eigenvalue weighted by atomic mass is 127. The molecule has 342 valence electrons. The Morgan fingerprint density at radius 3 is 1.51 bits per heavy atom. The minimum absolute atomic E-state index is 0.00459. The van der Waals surface area contributed by atoms with Crippen LogP contribution in [0.3, 0.4) is 0 Å². The van der Waals surface area contributed by atoms with Gasteiger partial charge in [0.05, 0.1) is 50.2 Å². The summed E-state index contributed by atoms with van der Waals surface area (Å²) in [6.07, 6.45) is 7.53. The molecule has 0 radical (unpaired) electrons. The molecule has 12 heterocycles. The summed E-state index contributed by atoms with van der Waals surface area (Å²) >= 11 is 18.9. The zero-order valence-electron chi connectivity index (χ0n) is 34.6. The van der Waals surface area contributed by atoms with Gasteiger partial charge in [-0.15, -0.1) is 23.2 Å². The van der Waals surface area contributed by atoms with Crippen molar-refractivity contribution in [2.75, 3.05) is 12.9 Å². The lowest BCUT2D eigenvalue weighted by Crippen LogP contribution is -2.61. The van der Waals surface area contributed by atoms with Gasteiger partial charge in [-0.3, -0.25) is 9.59 Å². The fourth-order valence-corrected chi connectivity index (χ4v) is 14.2. The van der Waals surface area contributed by atoms with E-state index in [1.807, 2.05) is 6.92 Å². The number of hydrogen-bond acceptors (Lipinski definition) is 14. The lowest BCUT2D eigenvalue weighted by molar-refractivity contribution is -0.292. The first-order chi connectivity index (χ1) is 29.2. The third kappa shape index (κ3) is 9.82. The molecule has 0 N–H and O–H groups in total. The van der Waals surface area contributed by atoms with E-state index in [1.54, 1.807) is 0 Å². The van der Waals surface area contributed by atoms with Crippen LogP contribution in [0.2, 0.25) is 0 Å². The van der Waals surface area contributed by atoms with Crippen LogP contribution in [0.25, 0.3) is 0 Å². The second kappa shape index (κ2) is 19.3. The number of thioether (sulfide) groups is 1. The summed E-state index contributed by atoms with van der Waals surface area (Å²) in [5.41, 5.74) is 0. The Hall–Kier alpha value is 0.610. The number of halogens is 4. The van der Waals surface area contributed by atoms with Gasteiger partial charge in [0.25, 0.3) is 0 Å². The van der Waals surface area contributed by atoms with E-state index >= 15 is 0 Å². The van der Waals surface area contributed by atoms with Gasteiger partial charge in [0, 0.05) is 42.9 Å². The largest absolute Gasteiger partial charge is 0.469 e. The molecule has 61 heavy (non-hydrogen) atoms. The number of methoxy groups -OCH3 is 1. The van der Waals surface area contributed by atoms with Gasteiger partial charge in [-0.05, 0) is 109 Å².